The zero-order valence-corrected chi connectivity index (χ0v) is 9.94. The second kappa shape index (κ2) is 4.69. The fourth-order valence-corrected chi connectivity index (χ4v) is 2.42. The van der Waals surface area contributed by atoms with E-state index in [1.807, 2.05) is 0 Å². The van der Waals surface area contributed by atoms with E-state index in [4.69, 9.17) is 0 Å². The fraction of sp³-hybridized carbons (Fsp3) is 0.583. The molecule has 0 amide bonds. The van der Waals surface area contributed by atoms with Crippen LogP contribution in [-0.4, -0.2) is 15.4 Å². The normalized spacial score (nSPS) is 14.4. The zero-order valence-electron chi connectivity index (χ0n) is 9.94. The number of carbonyl (C=O) groups excluding carboxylic acids is 1. The van der Waals surface area contributed by atoms with Crippen LogP contribution in [-0.2, 0) is 31.2 Å². The smallest absolute Gasteiger partial charge is 0.303 e. The summed E-state index contributed by atoms with van der Waals surface area (Å²) in [6.07, 6.45) is 4.61. The van der Waals surface area contributed by atoms with Crippen LogP contribution < -0.4 is 11.2 Å². The van der Waals surface area contributed by atoms with Crippen LogP contribution in [0.15, 0.2) is 9.59 Å². The van der Waals surface area contributed by atoms with Gasteiger partial charge in [-0.1, -0.05) is 0 Å². The molecule has 0 bridgehead atoms. The van der Waals surface area contributed by atoms with Gasteiger partial charge in [0.2, 0.25) is 0 Å². The van der Waals surface area contributed by atoms with Crippen molar-refractivity contribution in [3.63, 3.8) is 0 Å². The molecule has 0 atom stereocenters. The standard InChI is InChI=1S/C12H16N2O3/c1-13-11(16)9-5-2-3-6-10(9)14(12(13)17)7-4-8-15/h8H,2-7H2,1H3. The number of hydrogen-bond acceptors (Lipinski definition) is 3. The third kappa shape index (κ3) is 1.97. The molecule has 0 aliphatic heterocycles. The van der Waals surface area contributed by atoms with E-state index in [0.29, 0.717) is 13.0 Å². The average molecular weight is 236 g/mol. The highest BCUT2D eigenvalue weighted by atomic mass is 16.2. The van der Waals surface area contributed by atoms with E-state index in [1.54, 1.807) is 4.57 Å². The van der Waals surface area contributed by atoms with Crippen LogP contribution in [0.25, 0.3) is 0 Å². The Morgan fingerprint density at radius 1 is 1.24 bits per heavy atom. The number of rotatable bonds is 3. The van der Waals surface area contributed by atoms with Gasteiger partial charge in [0.1, 0.15) is 6.29 Å². The van der Waals surface area contributed by atoms with Gasteiger partial charge in [-0.05, 0) is 25.7 Å². The lowest BCUT2D eigenvalue weighted by Crippen LogP contribution is -2.43. The molecule has 2 rings (SSSR count). The molecule has 0 N–H and O–H groups in total. The summed E-state index contributed by atoms with van der Waals surface area (Å²) in [5.74, 6) is 0. The third-order valence-electron chi connectivity index (χ3n) is 3.32. The highest BCUT2D eigenvalue weighted by Crippen LogP contribution is 2.16. The molecule has 0 unspecified atom stereocenters. The summed E-state index contributed by atoms with van der Waals surface area (Å²) in [7, 11) is 1.50. The summed E-state index contributed by atoms with van der Waals surface area (Å²) in [6.45, 7) is 0.374. The number of fused-ring (bicyclic) bond motifs is 1. The van der Waals surface area contributed by atoms with Gasteiger partial charge in [-0.2, -0.15) is 0 Å². The van der Waals surface area contributed by atoms with Crippen molar-refractivity contribution >= 4 is 6.29 Å². The van der Waals surface area contributed by atoms with Crippen molar-refractivity contribution in [2.24, 2.45) is 7.05 Å². The number of nitrogens with zero attached hydrogens (tertiary/aromatic N) is 2. The lowest BCUT2D eigenvalue weighted by molar-refractivity contribution is -0.108. The van der Waals surface area contributed by atoms with Crippen molar-refractivity contribution in [1.29, 1.82) is 0 Å². The number of carbonyl (C=O) groups is 1. The van der Waals surface area contributed by atoms with Crippen LogP contribution in [0.4, 0.5) is 0 Å². The molecule has 0 spiro atoms. The van der Waals surface area contributed by atoms with E-state index in [9.17, 15) is 14.4 Å². The van der Waals surface area contributed by atoms with Crippen LogP contribution in [0.3, 0.4) is 0 Å². The molecular weight excluding hydrogens is 220 g/mol. The third-order valence-corrected chi connectivity index (χ3v) is 3.32. The first kappa shape index (κ1) is 11.8. The minimum Gasteiger partial charge on any atom is -0.303 e. The first-order chi connectivity index (χ1) is 8.16. The molecule has 0 radical (unpaired) electrons. The predicted octanol–water partition coefficient (Wildman–Crippen LogP) is 0.0148. The monoisotopic (exact) mass is 236 g/mol. The van der Waals surface area contributed by atoms with Gasteiger partial charge in [-0.25, -0.2) is 4.79 Å². The van der Waals surface area contributed by atoms with E-state index in [0.717, 1.165) is 47.8 Å². The molecule has 1 aromatic rings. The van der Waals surface area contributed by atoms with Gasteiger partial charge in [0.05, 0.1) is 0 Å². The fourth-order valence-electron chi connectivity index (χ4n) is 2.42. The summed E-state index contributed by atoms with van der Waals surface area (Å²) in [5, 5.41) is 0. The molecule has 1 aliphatic carbocycles. The van der Waals surface area contributed by atoms with Gasteiger partial charge in [0, 0.05) is 31.3 Å². The molecule has 1 heterocycles. The van der Waals surface area contributed by atoms with E-state index >= 15 is 0 Å². The molecule has 0 aromatic carbocycles. The molecular formula is C12H16N2O3. The Bertz CT molecular complexity index is 554. The quantitative estimate of drug-likeness (QED) is 0.695. The van der Waals surface area contributed by atoms with Crippen molar-refractivity contribution in [2.45, 2.75) is 38.6 Å². The molecule has 92 valence electrons. The Balaban J connectivity index is 2.64. The zero-order chi connectivity index (χ0) is 12.4. The van der Waals surface area contributed by atoms with E-state index in [1.165, 1.54) is 7.05 Å². The van der Waals surface area contributed by atoms with Crippen LogP contribution >= 0.6 is 0 Å². The Morgan fingerprint density at radius 2 is 1.94 bits per heavy atom. The van der Waals surface area contributed by atoms with Crippen LogP contribution in [0, 0.1) is 0 Å². The molecule has 17 heavy (non-hydrogen) atoms. The van der Waals surface area contributed by atoms with Crippen molar-refractivity contribution in [2.75, 3.05) is 0 Å². The summed E-state index contributed by atoms with van der Waals surface area (Å²) in [6, 6.07) is 0. The lowest BCUT2D eigenvalue weighted by Gasteiger charge is -2.20. The van der Waals surface area contributed by atoms with Crippen molar-refractivity contribution in [3.8, 4) is 0 Å². The second-order valence-electron chi connectivity index (χ2n) is 4.39. The molecule has 5 nitrogen and oxygen atoms in total. The van der Waals surface area contributed by atoms with Crippen LogP contribution in [0.5, 0.6) is 0 Å². The molecule has 1 aliphatic rings. The first-order valence-corrected chi connectivity index (χ1v) is 5.92. The lowest BCUT2D eigenvalue weighted by atomic mass is 9.96. The van der Waals surface area contributed by atoms with Gasteiger partial charge in [0.25, 0.3) is 5.56 Å². The van der Waals surface area contributed by atoms with Crippen LogP contribution in [0.2, 0.25) is 0 Å². The highest BCUT2D eigenvalue weighted by molar-refractivity contribution is 5.49. The first-order valence-electron chi connectivity index (χ1n) is 5.92. The van der Waals surface area contributed by atoms with Crippen molar-refractivity contribution < 1.29 is 4.79 Å². The van der Waals surface area contributed by atoms with Crippen molar-refractivity contribution in [3.05, 3.63) is 32.1 Å². The second-order valence-corrected chi connectivity index (χ2v) is 4.39. The summed E-state index contributed by atoms with van der Waals surface area (Å²) in [5.41, 5.74) is 1.11. The Hall–Kier alpha value is -1.65. The number of aldehydes is 1. The predicted molar refractivity (Wildman–Crippen MR) is 63.3 cm³/mol. The Kier molecular flexibility index (Phi) is 3.26. The largest absolute Gasteiger partial charge is 0.330 e. The number of aromatic nitrogens is 2. The minimum absolute atomic E-state index is 0.174. The average Bonchev–Trinajstić information content (AvgIpc) is 2.36. The topological polar surface area (TPSA) is 61.1 Å². The van der Waals surface area contributed by atoms with E-state index in [-0.39, 0.29) is 11.2 Å². The summed E-state index contributed by atoms with van der Waals surface area (Å²) < 4.78 is 2.74. The SMILES string of the molecule is Cn1c(=O)c2c(n(CCC=O)c1=O)CCCC2. The Morgan fingerprint density at radius 3 is 2.65 bits per heavy atom. The van der Waals surface area contributed by atoms with Gasteiger partial charge in [-0.15, -0.1) is 0 Å². The van der Waals surface area contributed by atoms with Crippen molar-refractivity contribution in [1.82, 2.24) is 9.13 Å². The van der Waals surface area contributed by atoms with E-state index in [2.05, 4.69) is 0 Å². The minimum atomic E-state index is -0.308. The van der Waals surface area contributed by atoms with Gasteiger partial charge in [-0.3, -0.25) is 13.9 Å². The molecule has 5 heteroatoms. The number of hydrogen-bond donors (Lipinski definition) is 0. The van der Waals surface area contributed by atoms with E-state index < -0.39 is 0 Å². The van der Waals surface area contributed by atoms with Gasteiger partial charge < -0.3 is 4.79 Å². The molecule has 0 saturated carbocycles. The maximum absolute atomic E-state index is 12.0. The summed E-state index contributed by atoms with van der Waals surface area (Å²) in [4.78, 5) is 34.3. The highest BCUT2D eigenvalue weighted by Gasteiger charge is 2.19. The molecule has 1 aromatic heterocycles. The van der Waals surface area contributed by atoms with Crippen LogP contribution in [0.1, 0.15) is 30.5 Å². The van der Waals surface area contributed by atoms with Gasteiger partial charge >= 0.3 is 5.69 Å². The maximum Gasteiger partial charge on any atom is 0.330 e. The Labute approximate surface area is 98.7 Å². The molecule has 0 fully saturated rings. The maximum atomic E-state index is 12.0. The van der Waals surface area contributed by atoms with Gasteiger partial charge in [0.15, 0.2) is 0 Å². The molecule has 0 saturated heterocycles. The summed E-state index contributed by atoms with van der Waals surface area (Å²) >= 11 is 0.